The first-order valence-corrected chi connectivity index (χ1v) is 7.72. The lowest BCUT2D eigenvalue weighted by Crippen LogP contribution is -2.30. The van der Waals surface area contributed by atoms with Gasteiger partial charge in [-0.2, -0.15) is 0 Å². The molecule has 2 aromatic carbocycles. The van der Waals surface area contributed by atoms with Gasteiger partial charge in [-0.25, -0.2) is 14.3 Å². The summed E-state index contributed by atoms with van der Waals surface area (Å²) in [5.41, 5.74) is 2.49. The summed E-state index contributed by atoms with van der Waals surface area (Å²) >= 11 is 0. The number of ether oxygens (including phenoxy) is 1. The third-order valence-electron chi connectivity index (χ3n) is 2.88. The van der Waals surface area contributed by atoms with Crippen molar-refractivity contribution in [2.24, 2.45) is 5.84 Å². The van der Waals surface area contributed by atoms with Gasteiger partial charge in [-0.3, -0.25) is 14.9 Å². The molecule has 0 aromatic heterocycles. The van der Waals surface area contributed by atoms with Crippen molar-refractivity contribution in [3.63, 3.8) is 0 Å². The molecule has 116 valence electrons. The van der Waals surface area contributed by atoms with E-state index in [-0.39, 0.29) is 10.5 Å². The van der Waals surface area contributed by atoms with E-state index in [1.54, 1.807) is 24.3 Å². The van der Waals surface area contributed by atoms with E-state index in [2.05, 4.69) is 4.72 Å². The summed E-state index contributed by atoms with van der Waals surface area (Å²) in [7, 11) is -2.29. The SMILES string of the molecule is COc1ccc(NS(=O)(=O)c2cccc(C(=O)NN)c2)cc1. The second-order valence-electron chi connectivity index (χ2n) is 4.34. The van der Waals surface area contributed by atoms with Gasteiger partial charge in [-0.05, 0) is 42.5 Å². The van der Waals surface area contributed by atoms with E-state index < -0.39 is 15.9 Å². The number of anilines is 1. The molecule has 0 radical (unpaired) electrons. The number of sulfonamides is 1. The maximum absolute atomic E-state index is 12.3. The molecule has 8 heteroatoms. The number of nitrogens with one attached hydrogen (secondary N) is 2. The smallest absolute Gasteiger partial charge is 0.265 e. The summed E-state index contributed by atoms with van der Waals surface area (Å²) in [6, 6.07) is 12.0. The fraction of sp³-hybridized carbons (Fsp3) is 0.0714. The zero-order chi connectivity index (χ0) is 16.2. The topological polar surface area (TPSA) is 111 Å². The van der Waals surface area contributed by atoms with Gasteiger partial charge < -0.3 is 4.74 Å². The molecule has 0 spiro atoms. The highest BCUT2D eigenvalue weighted by atomic mass is 32.2. The maximum Gasteiger partial charge on any atom is 0.265 e. The van der Waals surface area contributed by atoms with Gasteiger partial charge in [0, 0.05) is 11.3 Å². The van der Waals surface area contributed by atoms with E-state index in [0.717, 1.165) is 0 Å². The number of benzene rings is 2. The Morgan fingerprint density at radius 2 is 1.82 bits per heavy atom. The minimum Gasteiger partial charge on any atom is -0.497 e. The van der Waals surface area contributed by atoms with Gasteiger partial charge in [0.15, 0.2) is 0 Å². The summed E-state index contributed by atoms with van der Waals surface area (Å²) < 4.78 is 32.1. The second kappa shape index (κ2) is 6.46. The minimum absolute atomic E-state index is 0.0376. The molecule has 0 saturated carbocycles. The summed E-state index contributed by atoms with van der Waals surface area (Å²) in [6.45, 7) is 0. The number of hydrazine groups is 1. The molecule has 0 unspecified atom stereocenters. The van der Waals surface area contributed by atoms with E-state index in [0.29, 0.717) is 11.4 Å². The molecule has 0 aliphatic rings. The third kappa shape index (κ3) is 3.54. The molecular weight excluding hydrogens is 306 g/mol. The van der Waals surface area contributed by atoms with E-state index in [4.69, 9.17) is 10.6 Å². The Labute approximate surface area is 128 Å². The molecule has 1 amide bonds. The van der Waals surface area contributed by atoms with Crippen LogP contribution >= 0.6 is 0 Å². The van der Waals surface area contributed by atoms with Crippen molar-refractivity contribution in [1.82, 2.24) is 5.43 Å². The van der Waals surface area contributed by atoms with Crippen LogP contribution in [0.5, 0.6) is 5.75 Å². The number of carbonyl (C=O) groups excluding carboxylic acids is 1. The Hall–Kier alpha value is -2.58. The Morgan fingerprint density at radius 3 is 2.41 bits per heavy atom. The van der Waals surface area contributed by atoms with E-state index in [1.807, 2.05) is 5.43 Å². The predicted octanol–water partition coefficient (Wildman–Crippen LogP) is 1.10. The molecule has 2 rings (SSSR count). The van der Waals surface area contributed by atoms with E-state index in [9.17, 15) is 13.2 Å². The Morgan fingerprint density at radius 1 is 1.14 bits per heavy atom. The zero-order valence-corrected chi connectivity index (χ0v) is 12.6. The summed E-state index contributed by atoms with van der Waals surface area (Å²) in [5, 5.41) is 0. The summed E-state index contributed by atoms with van der Waals surface area (Å²) in [4.78, 5) is 11.4. The molecule has 2 aromatic rings. The van der Waals surface area contributed by atoms with Crippen LogP contribution in [-0.4, -0.2) is 21.4 Å². The molecule has 22 heavy (non-hydrogen) atoms. The average Bonchev–Trinajstić information content (AvgIpc) is 2.54. The van der Waals surface area contributed by atoms with Crippen LogP contribution in [0.2, 0.25) is 0 Å². The summed E-state index contributed by atoms with van der Waals surface area (Å²) in [6.07, 6.45) is 0. The molecule has 0 bridgehead atoms. The van der Waals surface area contributed by atoms with Gasteiger partial charge in [0.1, 0.15) is 5.75 Å². The lowest BCUT2D eigenvalue weighted by Gasteiger charge is -2.09. The number of nitrogen functional groups attached to an aromatic ring is 1. The van der Waals surface area contributed by atoms with Crippen LogP contribution in [0.15, 0.2) is 53.4 Å². The van der Waals surface area contributed by atoms with Crippen molar-refractivity contribution in [3.8, 4) is 5.75 Å². The van der Waals surface area contributed by atoms with Crippen molar-refractivity contribution in [1.29, 1.82) is 0 Å². The quantitative estimate of drug-likeness (QED) is 0.434. The number of hydrogen-bond donors (Lipinski definition) is 3. The van der Waals surface area contributed by atoms with Crippen molar-refractivity contribution in [2.75, 3.05) is 11.8 Å². The van der Waals surface area contributed by atoms with Gasteiger partial charge in [0.05, 0.1) is 12.0 Å². The monoisotopic (exact) mass is 321 g/mol. The van der Waals surface area contributed by atoms with Crippen LogP contribution in [0.1, 0.15) is 10.4 Å². The molecule has 0 aliphatic carbocycles. The predicted molar refractivity (Wildman–Crippen MR) is 81.9 cm³/mol. The minimum atomic E-state index is -3.81. The number of hydrogen-bond acceptors (Lipinski definition) is 5. The van der Waals surface area contributed by atoms with Crippen molar-refractivity contribution >= 4 is 21.6 Å². The van der Waals surface area contributed by atoms with Gasteiger partial charge in [-0.15, -0.1) is 0 Å². The van der Waals surface area contributed by atoms with Gasteiger partial charge in [0.25, 0.3) is 15.9 Å². The lowest BCUT2D eigenvalue weighted by molar-refractivity contribution is 0.0953. The highest BCUT2D eigenvalue weighted by Gasteiger charge is 2.16. The molecule has 7 nitrogen and oxygen atoms in total. The van der Waals surface area contributed by atoms with Crippen LogP contribution in [0.25, 0.3) is 0 Å². The number of nitrogens with two attached hydrogens (primary N) is 1. The van der Waals surface area contributed by atoms with Crippen LogP contribution in [0, 0.1) is 0 Å². The van der Waals surface area contributed by atoms with Gasteiger partial charge >= 0.3 is 0 Å². The molecular formula is C14H15N3O4S. The molecule has 0 saturated heterocycles. The zero-order valence-electron chi connectivity index (χ0n) is 11.7. The fourth-order valence-electron chi connectivity index (χ4n) is 1.76. The standard InChI is InChI=1S/C14H15N3O4S/c1-21-12-7-5-11(6-8-12)17-22(19,20)13-4-2-3-10(9-13)14(18)16-15/h2-9,17H,15H2,1H3,(H,16,18). The van der Waals surface area contributed by atoms with Crippen LogP contribution in [0.4, 0.5) is 5.69 Å². The number of methoxy groups -OCH3 is 1. The fourth-order valence-corrected chi connectivity index (χ4v) is 2.87. The molecule has 4 N–H and O–H groups in total. The van der Waals surface area contributed by atoms with Crippen molar-refractivity contribution < 1.29 is 17.9 Å². The first-order valence-electron chi connectivity index (χ1n) is 6.24. The van der Waals surface area contributed by atoms with Crippen molar-refractivity contribution in [3.05, 3.63) is 54.1 Å². The molecule has 0 aliphatic heterocycles. The Balaban J connectivity index is 2.27. The maximum atomic E-state index is 12.3. The van der Waals surface area contributed by atoms with Crippen LogP contribution in [0.3, 0.4) is 0 Å². The Kier molecular flexibility index (Phi) is 4.64. The number of carbonyl (C=O) groups is 1. The number of amides is 1. The highest BCUT2D eigenvalue weighted by Crippen LogP contribution is 2.19. The number of rotatable bonds is 5. The van der Waals surface area contributed by atoms with Crippen LogP contribution in [-0.2, 0) is 10.0 Å². The first kappa shape index (κ1) is 15.8. The van der Waals surface area contributed by atoms with Crippen molar-refractivity contribution in [2.45, 2.75) is 4.90 Å². The van der Waals surface area contributed by atoms with Gasteiger partial charge in [0.2, 0.25) is 0 Å². The normalized spacial score (nSPS) is 10.8. The van der Waals surface area contributed by atoms with Gasteiger partial charge in [-0.1, -0.05) is 6.07 Å². The van der Waals surface area contributed by atoms with Crippen LogP contribution < -0.4 is 20.7 Å². The second-order valence-corrected chi connectivity index (χ2v) is 6.02. The van der Waals surface area contributed by atoms with E-state index >= 15 is 0 Å². The highest BCUT2D eigenvalue weighted by molar-refractivity contribution is 7.92. The average molecular weight is 321 g/mol. The lowest BCUT2D eigenvalue weighted by atomic mass is 10.2. The molecule has 0 fully saturated rings. The first-order chi connectivity index (χ1) is 10.5. The largest absolute Gasteiger partial charge is 0.497 e. The summed E-state index contributed by atoms with van der Waals surface area (Å²) in [5.74, 6) is 5.08. The molecule has 0 heterocycles. The third-order valence-corrected chi connectivity index (χ3v) is 4.26. The van der Waals surface area contributed by atoms with E-state index in [1.165, 1.54) is 31.4 Å². The Bertz CT molecular complexity index is 773. The molecule has 0 atom stereocenters.